The Morgan fingerprint density at radius 2 is 2.05 bits per heavy atom. The molecule has 0 aliphatic rings. The van der Waals surface area contributed by atoms with Crippen LogP contribution in [0.4, 0.5) is 5.69 Å². The fraction of sp³-hybridized carbons (Fsp3) is 0.125. The number of hydrogen-bond donors (Lipinski definition) is 1. The van der Waals surface area contributed by atoms with Crippen molar-refractivity contribution in [2.45, 2.75) is 6.92 Å². The lowest BCUT2D eigenvalue weighted by Gasteiger charge is -2.06. The van der Waals surface area contributed by atoms with E-state index < -0.39 is 0 Å². The van der Waals surface area contributed by atoms with Gasteiger partial charge in [0.25, 0.3) is 5.91 Å². The average Bonchev–Trinajstić information content (AvgIpc) is 2.94. The highest BCUT2D eigenvalue weighted by atomic mass is 16.1. The number of nitrogens with one attached hydrogen (secondary N) is 1. The fourth-order valence-corrected chi connectivity index (χ4v) is 2.12. The Bertz CT molecular complexity index is 825. The maximum atomic E-state index is 12.3. The molecule has 1 N–H and O–H groups in total. The van der Waals surface area contributed by atoms with Crippen molar-refractivity contribution in [3.8, 4) is 11.1 Å². The molecular formula is C16H15N5O. The van der Waals surface area contributed by atoms with E-state index in [1.54, 1.807) is 41.6 Å². The minimum Gasteiger partial charge on any atom is -0.322 e. The Morgan fingerprint density at radius 3 is 2.77 bits per heavy atom. The van der Waals surface area contributed by atoms with E-state index in [2.05, 4.69) is 20.4 Å². The summed E-state index contributed by atoms with van der Waals surface area (Å²) < 4.78 is 1.71. The van der Waals surface area contributed by atoms with Gasteiger partial charge in [0.05, 0.1) is 11.8 Å². The van der Waals surface area contributed by atoms with Gasteiger partial charge in [-0.15, -0.1) is 0 Å². The van der Waals surface area contributed by atoms with Gasteiger partial charge in [0, 0.05) is 54.3 Å². The molecular weight excluding hydrogens is 278 g/mol. The zero-order valence-electron chi connectivity index (χ0n) is 12.3. The Balaban J connectivity index is 1.84. The molecule has 0 bridgehead atoms. The highest BCUT2D eigenvalue weighted by Gasteiger charge is 2.09. The van der Waals surface area contributed by atoms with Crippen LogP contribution in [0, 0.1) is 6.92 Å². The third kappa shape index (κ3) is 3.01. The first-order valence-electron chi connectivity index (χ1n) is 6.80. The highest BCUT2D eigenvalue weighted by molar-refractivity contribution is 6.04. The third-order valence-corrected chi connectivity index (χ3v) is 3.19. The Labute approximate surface area is 127 Å². The van der Waals surface area contributed by atoms with E-state index in [9.17, 15) is 4.79 Å². The largest absolute Gasteiger partial charge is 0.322 e. The first-order chi connectivity index (χ1) is 10.6. The molecule has 0 saturated carbocycles. The summed E-state index contributed by atoms with van der Waals surface area (Å²) in [5.41, 5.74) is 3.83. The quantitative estimate of drug-likeness (QED) is 0.805. The van der Waals surface area contributed by atoms with E-state index in [1.807, 2.05) is 26.2 Å². The lowest BCUT2D eigenvalue weighted by molar-refractivity contribution is 0.102. The Kier molecular flexibility index (Phi) is 3.65. The van der Waals surface area contributed by atoms with Crippen LogP contribution in [0.5, 0.6) is 0 Å². The van der Waals surface area contributed by atoms with Crippen molar-refractivity contribution in [2.24, 2.45) is 7.05 Å². The molecule has 0 atom stereocenters. The van der Waals surface area contributed by atoms with Gasteiger partial charge in [0.1, 0.15) is 0 Å². The topological polar surface area (TPSA) is 72.7 Å². The van der Waals surface area contributed by atoms with Gasteiger partial charge >= 0.3 is 0 Å². The number of hydrogen-bond acceptors (Lipinski definition) is 4. The van der Waals surface area contributed by atoms with Crippen molar-refractivity contribution in [1.82, 2.24) is 19.7 Å². The van der Waals surface area contributed by atoms with Gasteiger partial charge in [0.15, 0.2) is 0 Å². The summed E-state index contributed by atoms with van der Waals surface area (Å²) in [5, 5.41) is 6.97. The summed E-state index contributed by atoms with van der Waals surface area (Å²) in [6, 6.07) is 5.37. The van der Waals surface area contributed by atoms with E-state index in [0.29, 0.717) is 11.3 Å². The van der Waals surface area contributed by atoms with Gasteiger partial charge in [-0.3, -0.25) is 19.4 Å². The van der Waals surface area contributed by atoms with Crippen LogP contribution in [0.1, 0.15) is 16.1 Å². The second-order valence-electron chi connectivity index (χ2n) is 5.00. The second kappa shape index (κ2) is 5.77. The SMILES string of the molecule is Cc1cc(NC(=O)c2cncc(-c3cnn(C)c3)c2)ccn1. The summed E-state index contributed by atoms with van der Waals surface area (Å²) >= 11 is 0. The molecule has 0 aromatic carbocycles. The minimum atomic E-state index is -0.205. The van der Waals surface area contributed by atoms with E-state index >= 15 is 0 Å². The van der Waals surface area contributed by atoms with Crippen LogP contribution in [-0.2, 0) is 7.05 Å². The monoisotopic (exact) mass is 293 g/mol. The maximum Gasteiger partial charge on any atom is 0.257 e. The number of anilines is 1. The fourth-order valence-electron chi connectivity index (χ4n) is 2.12. The van der Waals surface area contributed by atoms with Crippen molar-refractivity contribution < 1.29 is 4.79 Å². The summed E-state index contributed by atoms with van der Waals surface area (Å²) in [5.74, 6) is -0.205. The maximum absolute atomic E-state index is 12.3. The van der Waals surface area contributed by atoms with Crippen molar-refractivity contribution >= 4 is 11.6 Å². The van der Waals surface area contributed by atoms with Gasteiger partial charge in [-0.1, -0.05) is 0 Å². The zero-order chi connectivity index (χ0) is 15.5. The minimum absolute atomic E-state index is 0.205. The molecule has 0 aliphatic carbocycles. The molecule has 3 aromatic heterocycles. The van der Waals surface area contributed by atoms with Gasteiger partial charge in [-0.2, -0.15) is 5.10 Å². The van der Waals surface area contributed by atoms with Crippen LogP contribution >= 0.6 is 0 Å². The molecule has 0 radical (unpaired) electrons. The Hall–Kier alpha value is -3.02. The molecule has 1 amide bonds. The molecule has 6 nitrogen and oxygen atoms in total. The molecule has 3 rings (SSSR count). The van der Waals surface area contributed by atoms with E-state index in [4.69, 9.17) is 0 Å². The molecule has 3 aromatic rings. The van der Waals surface area contributed by atoms with Gasteiger partial charge in [0.2, 0.25) is 0 Å². The van der Waals surface area contributed by atoms with Crippen LogP contribution in [-0.4, -0.2) is 25.7 Å². The molecule has 3 heterocycles. The van der Waals surface area contributed by atoms with Crippen molar-refractivity contribution in [2.75, 3.05) is 5.32 Å². The van der Waals surface area contributed by atoms with Crippen LogP contribution in [0.25, 0.3) is 11.1 Å². The molecule has 0 spiro atoms. The summed E-state index contributed by atoms with van der Waals surface area (Å²) in [6.45, 7) is 1.88. The molecule has 0 aliphatic heterocycles. The molecule has 6 heteroatoms. The lowest BCUT2D eigenvalue weighted by atomic mass is 10.1. The summed E-state index contributed by atoms with van der Waals surface area (Å²) in [6.07, 6.45) is 8.54. The molecule has 0 fully saturated rings. The lowest BCUT2D eigenvalue weighted by Crippen LogP contribution is -2.12. The van der Waals surface area contributed by atoms with E-state index in [1.165, 1.54) is 0 Å². The smallest absolute Gasteiger partial charge is 0.257 e. The van der Waals surface area contributed by atoms with E-state index in [0.717, 1.165) is 16.8 Å². The van der Waals surface area contributed by atoms with Crippen LogP contribution in [0.3, 0.4) is 0 Å². The van der Waals surface area contributed by atoms with Crippen LogP contribution in [0.2, 0.25) is 0 Å². The van der Waals surface area contributed by atoms with Crippen LogP contribution in [0.15, 0.2) is 49.2 Å². The Morgan fingerprint density at radius 1 is 1.18 bits per heavy atom. The first kappa shape index (κ1) is 13.9. The first-order valence-corrected chi connectivity index (χ1v) is 6.80. The molecule has 110 valence electrons. The van der Waals surface area contributed by atoms with E-state index in [-0.39, 0.29) is 5.91 Å². The summed E-state index contributed by atoms with van der Waals surface area (Å²) in [7, 11) is 1.85. The number of nitrogens with zero attached hydrogens (tertiary/aromatic N) is 4. The zero-order valence-corrected chi connectivity index (χ0v) is 12.3. The van der Waals surface area contributed by atoms with Crippen LogP contribution < -0.4 is 5.32 Å². The van der Waals surface area contributed by atoms with Crippen molar-refractivity contribution in [3.05, 3.63) is 60.4 Å². The number of aryl methyl sites for hydroxylation is 2. The number of amides is 1. The average molecular weight is 293 g/mol. The number of aromatic nitrogens is 4. The predicted octanol–water partition coefficient (Wildman–Crippen LogP) is 2.44. The standard InChI is InChI=1S/C16H15N5O/c1-11-5-15(3-4-18-11)20-16(22)13-6-12(7-17-8-13)14-9-19-21(2)10-14/h3-10H,1-2H3,(H,18,20,22). The van der Waals surface area contributed by atoms with Gasteiger partial charge in [-0.05, 0) is 25.1 Å². The third-order valence-electron chi connectivity index (χ3n) is 3.19. The molecule has 22 heavy (non-hydrogen) atoms. The molecule has 0 saturated heterocycles. The highest BCUT2D eigenvalue weighted by Crippen LogP contribution is 2.19. The number of carbonyl (C=O) groups excluding carboxylic acids is 1. The molecule has 0 unspecified atom stereocenters. The predicted molar refractivity (Wildman–Crippen MR) is 83.4 cm³/mol. The van der Waals surface area contributed by atoms with Crippen molar-refractivity contribution in [1.29, 1.82) is 0 Å². The van der Waals surface area contributed by atoms with Crippen molar-refractivity contribution in [3.63, 3.8) is 0 Å². The number of rotatable bonds is 3. The normalized spacial score (nSPS) is 10.5. The second-order valence-corrected chi connectivity index (χ2v) is 5.00. The van der Waals surface area contributed by atoms with Gasteiger partial charge < -0.3 is 5.32 Å². The van der Waals surface area contributed by atoms with Gasteiger partial charge in [-0.25, -0.2) is 0 Å². The number of carbonyl (C=O) groups is 1. The number of pyridine rings is 2. The summed E-state index contributed by atoms with van der Waals surface area (Å²) in [4.78, 5) is 20.6.